The van der Waals surface area contributed by atoms with Gasteiger partial charge in [0, 0.05) is 19.1 Å². The van der Waals surface area contributed by atoms with Gasteiger partial charge in [-0.2, -0.15) is 0 Å². The van der Waals surface area contributed by atoms with Crippen molar-refractivity contribution >= 4 is 0 Å². The first-order chi connectivity index (χ1) is 14.6. The zero-order valence-electron chi connectivity index (χ0n) is 17.2. The highest BCUT2D eigenvalue weighted by Gasteiger charge is 2.29. The van der Waals surface area contributed by atoms with E-state index in [4.69, 9.17) is 4.74 Å². The van der Waals surface area contributed by atoms with Crippen LogP contribution >= 0.6 is 0 Å². The number of hydrogen-bond acceptors (Lipinski definition) is 4. The molecule has 0 saturated carbocycles. The summed E-state index contributed by atoms with van der Waals surface area (Å²) in [6.45, 7) is 5.06. The Bertz CT molecular complexity index is 754. The van der Waals surface area contributed by atoms with Gasteiger partial charge >= 0.3 is 0 Å². The first kappa shape index (κ1) is 21.4. The number of hydrogen-bond donors (Lipinski definition) is 1. The van der Waals surface area contributed by atoms with Crippen LogP contribution in [0.25, 0.3) is 0 Å². The summed E-state index contributed by atoms with van der Waals surface area (Å²) >= 11 is 0. The van der Waals surface area contributed by atoms with E-state index in [0.29, 0.717) is 12.6 Å². The topological polar surface area (TPSA) is 35.9 Å². The Morgan fingerprint density at radius 2 is 1.50 bits per heavy atom. The molecule has 6 heteroatoms. The molecule has 1 N–H and O–H groups in total. The smallest absolute Gasteiger partial charge is 0.123 e. The average molecular weight is 417 g/mol. The molecule has 2 saturated heterocycles. The molecule has 2 heterocycles. The van der Waals surface area contributed by atoms with Crippen LogP contribution in [-0.4, -0.2) is 66.4 Å². The van der Waals surface area contributed by atoms with Crippen molar-refractivity contribution in [3.8, 4) is 0 Å². The summed E-state index contributed by atoms with van der Waals surface area (Å²) in [5.74, 6) is -0.641. The Labute approximate surface area is 177 Å². The van der Waals surface area contributed by atoms with E-state index in [-0.39, 0.29) is 18.2 Å². The minimum absolute atomic E-state index is 0.157. The minimum Gasteiger partial charge on any atom is -0.389 e. The maximum Gasteiger partial charge on any atom is 0.123 e. The largest absolute Gasteiger partial charge is 0.389 e. The number of benzene rings is 2. The Morgan fingerprint density at radius 3 is 2.13 bits per heavy atom. The van der Waals surface area contributed by atoms with Crippen LogP contribution in [0.3, 0.4) is 0 Å². The number of halogens is 2. The molecule has 2 fully saturated rings. The first-order valence-corrected chi connectivity index (χ1v) is 10.9. The molecule has 4 nitrogen and oxygen atoms in total. The van der Waals surface area contributed by atoms with Crippen molar-refractivity contribution in [1.82, 2.24) is 9.80 Å². The Balaban J connectivity index is 1.39. The first-order valence-electron chi connectivity index (χ1n) is 10.9. The van der Waals surface area contributed by atoms with Crippen molar-refractivity contribution in [2.45, 2.75) is 37.5 Å². The Kier molecular flexibility index (Phi) is 7.10. The number of ether oxygens (including phenoxy) is 1. The van der Waals surface area contributed by atoms with Crippen LogP contribution in [0.4, 0.5) is 8.78 Å². The zero-order valence-corrected chi connectivity index (χ0v) is 17.2. The second kappa shape index (κ2) is 9.96. The minimum atomic E-state index is -0.624. The third-order valence-corrected chi connectivity index (χ3v) is 6.16. The van der Waals surface area contributed by atoms with E-state index in [1.807, 2.05) is 0 Å². The molecule has 2 aliphatic rings. The lowest BCUT2D eigenvalue weighted by Gasteiger charge is -2.28. The van der Waals surface area contributed by atoms with Crippen molar-refractivity contribution in [1.29, 1.82) is 0 Å². The molecule has 0 aromatic heterocycles. The van der Waals surface area contributed by atoms with Crippen LogP contribution in [0.2, 0.25) is 0 Å². The lowest BCUT2D eigenvalue weighted by molar-refractivity contribution is -0.00898. The van der Waals surface area contributed by atoms with E-state index >= 15 is 0 Å². The maximum absolute atomic E-state index is 13.4. The normalized spacial score (nSPS) is 21.5. The molecule has 0 radical (unpaired) electrons. The molecule has 2 aromatic carbocycles. The summed E-state index contributed by atoms with van der Waals surface area (Å²) in [4.78, 5) is 4.91. The number of aliphatic hydroxyl groups is 1. The molecule has 4 rings (SSSR count). The van der Waals surface area contributed by atoms with Crippen LogP contribution in [0.5, 0.6) is 0 Å². The molecule has 0 amide bonds. The summed E-state index contributed by atoms with van der Waals surface area (Å²) < 4.78 is 32.8. The summed E-state index contributed by atoms with van der Waals surface area (Å²) in [5.41, 5.74) is 1.54. The monoisotopic (exact) mass is 416 g/mol. The molecule has 2 aromatic rings. The summed E-state index contributed by atoms with van der Waals surface area (Å²) in [6.07, 6.45) is 2.51. The molecule has 0 unspecified atom stereocenters. The van der Waals surface area contributed by atoms with Gasteiger partial charge in [-0.1, -0.05) is 24.3 Å². The fourth-order valence-corrected chi connectivity index (χ4v) is 4.67. The molecular formula is C24H30F2N2O2. The van der Waals surface area contributed by atoms with E-state index in [2.05, 4.69) is 9.80 Å². The average Bonchev–Trinajstić information content (AvgIpc) is 3.09. The van der Waals surface area contributed by atoms with E-state index in [1.165, 1.54) is 43.7 Å². The van der Waals surface area contributed by atoms with E-state index < -0.39 is 12.2 Å². The van der Waals surface area contributed by atoms with Gasteiger partial charge in [-0.15, -0.1) is 0 Å². The van der Waals surface area contributed by atoms with Crippen LogP contribution in [0.15, 0.2) is 48.5 Å². The highest BCUT2D eigenvalue weighted by atomic mass is 19.1. The van der Waals surface area contributed by atoms with Crippen molar-refractivity contribution in [3.63, 3.8) is 0 Å². The highest BCUT2D eigenvalue weighted by Crippen LogP contribution is 2.27. The van der Waals surface area contributed by atoms with Gasteiger partial charge in [0.05, 0.1) is 12.7 Å². The van der Waals surface area contributed by atoms with Gasteiger partial charge in [-0.05, 0) is 74.3 Å². The van der Waals surface area contributed by atoms with Crippen molar-refractivity contribution in [3.05, 3.63) is 71.3 Å². The quantitative estimate of drug-likeness (QED) is 0.748. The number of aliphatic hydroxyl groups excluding tert-OH is 1. The van der Waals surface area contributed by atoms with Crippen molar-refractivity contribution in [2.24, 2.45) is 0 Å². The highest BCUT2D eigenvalue weighted by molar-refractivity contribution is 5.30. The molecule has 162 valence electrons. The molecule has 0 spiro atoms. The van der Waals surface area contributed by atoms with Gasteiger partial charge in [-0.3, -0.25) is 9.80 Å². The standard InChI is InChI=1S/C24H30F2N2O2/c25-20-8-4-18(5-9-20)24(19-6-10-21(26)11-7-19)30-17-23(29)16-27-12-2-14-28-13-1-3-22(28)15-27/h4-11,22-24,29H,1-3,12-17H2/t22-,23+/m0/s1. The van der Waals surface area contributed by atoms with Crippen molar-refractivity contribution < 1.29 is 18.6 Å². The third-order valence-electron chi connectivity index (χ3n) is 6.16. The molecule has 30 heavy (non-hydrogen) atoms. The van der Waals surface area contributed by atoms with Gasteiger partial charge < -0.3 is 9.84 Å². The summed E-state index contributed by atoms with van der Waals surface area (Å²) in [5, 5.41) is 10.7. The molecule has 2 atom stereocenters. The van der Waals surface area contributed by atoms with Crippen LogP contribution in [-0.2, 0) is 4.74 Å². The number of fused-ring (bicyclic) bond motifs is 1. The Hall–Kier alpha value is -1.86. The van der Waals surface area contributed by atoms with E-state index in [9.17, 15) is 13.9 Å². The molecule has 0 bridgehead atoms. The lowest BCUT2D eigenvalue weighted by Crippen LogP contribution is -2.41. The maximum atomic E-state index is 13.4. The van der Waals surface area contributed by atoms with E-state index in [1.54, 1.807) is 24.3 Å². The molecular weight excluding hydrogens is 386 g/mol. The van der Waals surface area contributed by atoms with Gasteiger partial charge in [-0.25, -0.2) is 8.78 Å². The lowest BCUT2D eigenvalue weighted by atomic mass is 10.0. The second-order valence-corrected chi connectivity index (χ2v) is 8.42. The van der Waals surface area contributed by atoms with Gasteiger partial charge in [0.15, 0.2) is 0 Å². The van der Waals surface area contributed by atoms with Gasteiger partial charge in [0.2, 0.25) is 0 Å². The summed E-state index contributed by atoms with van der Waals surface area (Å²) in [6, 6.07) is 12.8. The van der Waals surface area contributed by atoms with Gasteiger partial charge in [0.25, 0.3) is 0 Å². The predicted octanol–water partition coefficient (Wildman–Crippen LogP) is 3.60. The number of rotatable bonds is 7. The number of nitrogens with zero attached hydrogens (tertiary/aromatic N) is 2. The predicted molar refractivity (Wildman–Crippen MR) is 112 cm³/mol. The van der Waals surface area contributed by atoms with E-state index in [0.717, 1.165) is 37.2 Å². The zero-order chi connectivity index (χ0) is 20.9. The third kappa shape index (κ3) is 5.43. The van der Waals surface area contributed by atoms with Crippen molar-refractivity contribution in [2.75, 3.05) is 39.3 Å². The Morgan fingerprint density at radius 1 is 0.900 bits per heavy atom. The fraction of sp³-hybridized carbons (Fsp3) is 0.500. The molecule has 0 aliphatic carbocycles. The van der Waals surface area contributed by atoms with Crippen LogP contribution in [0.1, 0.15) is 36.5 Å². The second-order valence-electron chi connectivity index (χ2n) is 8.42. The van der Waals surface area contributed by atoms with Gasteiger partial charge in [0.1, 0.15) is 17.7 Å². The SMILES string of the molecule is O[C@@H](COC(c1ccc(F)cc1)c1ccc(F)cc1)CN1CCCN2CCC[C@H]2C1. The van der Waals surface area contributed by atoms with Crippen LogP contribution < -0.4 is 0 Å². The fourth-order valence-electron chi connectivity index (χ4n) is 4.67. The van der Waals surface area contributed by atoms with Crippen LogP contribution in [0, 0.1) is 11.6 Å². The number of β-amino-alcohol motifs (C(OH)–C–C–N with tert-alkyl or cyclic N) is 1. The molecule has 2 aliphatic heterocycles. The summed E-state index contributed by atoms with van der Waals surface area (Å²) in [7, 11) is 0.